The van der Waals surface area contributed by atoms with Gasteiger partial charge in [-0.15, -0.1) is 0 Å². The minimum absolute atomic E-state index is 0.186. The van der Waals surface area contributed by atoms with Crippen LogP contribution >= 0.6 is 27.5 Å². The Morgan fingerprint density at radius 1 is 1.33 bits per heavy atom. The lowest BCUT2D eigenvalue weighted by Crippen LogP contribution is -2.13. The summed E-state index contributed by atoms with van der Waals surface area (Å²) in [4.78, 5) is 14.7. The SMILES string of the molecule is CS(=O)(=O)Nc1ccc(NC(=O)c2cc(Br)c[nH]2)cc1Cl. The van der Waals surface area contributed by atoms with Gasteiger partial charge in [0.05, 0.1) is 17.0 Å². The van der Waals surface area contributed by atoms with Crippen molar-refractivity contribution in [2.75, 3.05) is 16.3 Å². The molecule has 1 aromatic heterocycles. The molecule has 0 aliphatic carbocycles. The fourth-order valence-electron chi connectivity index (χ4n) is 1.57. The van der Waals surface area contributed by atoms with Crippen molar-refractivity contribution in [3.8, 4) is 0 Å². The van der Waals surface area contributed by atoms with Crippen molar-refractivity contribution in [3.05, 3.63) is 45.7 Å². The molecule has 112 valence electrons. The van der Waals surface area contributed by atoms with Gasteiger partial charge in [-0.2, -0.15) is 0 Å². The van der Waals surface area contributed by atoms with E-state index >= 15 is 0 Å². The van der Waals surface area contributed by atoms with Gasteiger partial charge in [-0.1, -0.05) is 11.6 Å². The number of hydrogen-bond acceptors (Lipinski definition) is 3. The van der Waals surface area contributed by atoms with Crippen LogP contribution in [0.25, 0.3) is 0 Å². The molecule has 0 saturated heterocycles. The monoisotopic (exact) mass is 391 g/mol. The molecule has 6 nitrogen and oxygen atoms in total. The van der Waals surface area contributed by atoms with Crippen LogP contribution in [-0.4, -0.2) is 25.6 Å². The lowest BCUT2D eigenvalue weighted by molar-refractivity contribution is 0.102. The molecule has 2 rings (SSSR count). The number of carbonyl (C=O) groups is 1. The van der Waals surface area contributed by atoms with Gasteiger partial charge < -0.3 is 10.3 Å². The highest BCUT2D eigenvalue weighted by molar-refractivity contribution is 9.10. The maximum absolute atomic E-state index is 11.9. The summed E-state index contributed by atoms with van der Waals surface area (Å²) in [6, 6.07) is 6.13. The molecule has 0 spiro atoms. The third kappa shape index (κ3) is 4.48. The zero-order valence-electron chi connectivity index (χ0n) is 10.8. The van der Waals surface area contributed by atoms with Crippen molar-refractivity contribution in [3.63, 3.8) is 0 Å². The number of nitrogens with one attached hydrogen (secondary N) is 3. The smallest absolute Gasteiger partial charge is 0.272 e. The first-order chi connectivity index (χ1) is 9.74. The first-order valence-electron chi connectivity index (χ1n) is 5.67. The molecule has 0 radical (unpaired) electrons. The number of carbonyl (C=O) groups excluding carboxylic acids is 1. The zero-order valence-corrected chi connectivity index (χ0v) is 13.9. The first kappa shape index (κ1) is 15.9. The van der Waals surface area contributed by atoms with Crippen molar-refractivity contribution in [1.29, 1.82) is 0 Å². The van der Waals surface area contributed by atoms with Crippen LogP contribution in [0.4, 0.5) is 11.4 Å². The molecule has 0 bridgehead atoms. The Kier molecular flexibility index (Phi) is 4.60. The molecule has 0 saturated carbocycles. The van der Waals surface area contributed by atoms with E-state index in [0.717, 1.165) is 10.7 Å². The summed E-state index contributed by atoms with van der Waals surface area (Å²) >= 11 is 9.21. The van der Waals surface area contributed by atoms with Gasteiger partial charge in [-0.05, 0) is 40.2 Å². The lowest BCUT2D eigenvalue weighted by atomic mass is 10.2. The molecule has 21 heavy (non-hydrogen) atoms. The van der Waals surface area contributed by atoms with Crippen molar-refractivity contribution in [2.45, 2.75) is 0 Å². The number of anilines is 2. The van der Waals surface area contributed by atoms with E-state index in [1.54, 1.807) is 18.3 Å². The Bertz CT molecular complexity index is 789. The van der Waals surface area contributed by atoms with Crippen molar-refractivity contribution < 1.29 is 13.2 Å². The summed E-state index contributed by atoms with van der Waals surface area (Å²) in [5.41, 5.74) is 1.09. The summed E-state index contributed by atoms with van der Waals surface area (Å²) in [6.45, 7) is 0. The van der Waals surface area contributed by atoms with Crippen LogP contribution in [0, 0.1) is 0 Å². The number of aromatic amines is 1. The Labute approximate surface area is 135 Å². The number of sulfonamides is 1. The van der Waals surface area contributed by atoms with Gasteiger partial charge in [-0.3, -0.25) is 9.52 Å². The summed E-state index contributed by atoms with van der Waals surface area (Å²) in [5.74, 6) is -0.333. The molecule has 9 heteroatoms. The second-order valence-electron chi connectivity index (χ2n) is 4.25. The quantitative estimate of drug-likeness (QED) is 0.747. The Morgan fingerprint density at radius 3 is 2.57 bits per heavy atom. The van der Waals surface area contributed by atoms with Gasteiger partial charge in [0, 0.05) is 16.4 Å². The highest BCUT2D eigenvalue weighted by atomic mass is 79.9. The number of rotatable bonds is 4. The van der Waals surface area contributed by atoms with Crippen LogP contribution in [0.1, 0.15) is 10.5 Å². The summed E-state index contributed by atoms with van der Waals surface area (Å²) in [5, 5.41) is 2.84. The van der Waals surface area contributed by atoms with Gasteiger partial charge in [0.1, 0.15) is 5.69 Å². The minimum atomic E-state index is -3.41. The molecule has 3 N–H and O–H groups in total. The summed E-state index contributed by atoms with van der Waals surface area (Å²) < 4.78 is 25.4. The molecule has 1 heterocycles. The highest BCUT2D eigenvalue weighted by Gasteiger charge is 2.11. The van der Waals surface area contributed by atoms with E-state index in [2.05, 4.69) is 31.0 Å². The number of aromatic nitrogens is 1. The number of H-pyrrole nitrogens is 1. The van der Waals surface area contributed by atoms with Crippen molar-refractivity contribution in [1.82, 2.24) is 4.98 Å². The topological polar surface area (TPSA) is 91.1 Å². The largest absolute Gasteiger partial charge is 0.356 e. The van der Waals surface area contributed by atoms with Crippen LogP contribution in [0.3, 0.4) is 0 Å². The molecule has 1 amide bonds. The molecule has 0 aliphatic rings. The van der Waals surface area contributed by atoms with E-state index in [0.29, 0.717) is 11.4 Å². The molecule has 0 atom stereocenters. The zero-order chi connectivity index (χ0) is 15.6. The van der Waals surface area contributed by atoms with E-state index in [-0.39, 0.29) is 16.6 Å². The normalized spacial score (nSPS) is 11.2. The van der Waals surface area contributed by atoms with Crippen molar-refractivity contribution >= 4 is 54.8 Å². The predicted molar refractivity (Wildman–Crippen MR) is 86.4 cm³/mol. The van der Waals surface area contributed by atoms with E-state index < -0.39 is 10.0 Å². The van der Waals surface area contributed by atoms with Gasteiger partial charge in [0.2, 0.25) is 10.0 Å². The standard InChI is InChI=1S/C12H11BrClN3O3S/c1-21(19,20)17-10-3-2-8(5-9(10)14)16-12(18)11-4-7(13)6-15-11/h2-6,15,17H,1H3,(H,16,18). The van der Waals surface area contributed by atoms with E-state index in [4.69, 9.17) is 11.6 Å². The maximum atomic E-state index is 11.9. The van der Waals surface area contributed by atoms with Crippen molar-refractivity contribution in [2.24, 2.45) is 0 Å². The lowest BCUT2D eigenvalue weighted by Gasteiger charge is -2.09. The Hall–Kier alpha value is -1.51. The molecular weight excluding hydrogens is 382 g/mol. The molecule has 0 unspecified atom stereocenters. The Balaban J connectivity index is 2.15. The van der Waals surface area contributed by atoms with E-state index in [9.17, 15) is 13.2 Å². The fraction of sp³-hybridized carbons (Fsp3) is 0.0833. The van der Waals surface area contributed by atoms with Gasteiger partial charge >= 0.3 is 0 Å². The Morgan fingerprint density at radius 2 is 2.05 bits per heavy atom. The first-order valence-corrected chi connectivity index (χ1v) is 8.73. The summed E-state index contributed by atoms with van der Waals surface area (Å²) in [6.07, 6.45) is 2.67. The average Bonchev–Trinajstić information content (AvgIpc) is 2.78. The predicted octanol–water partition coefficient (Wildman–Crippen LogP) is 3.05. The highest BCUT2D eigenvalue weighted by Crippen LogP contribution is 2.26. The van der Waals surface area contributed by atoms with E-state index in [1.807, 2.05) is 0 Å². The number of hydrogen-bond donors (Lipinski definition) is 3. The molecule has 0 fully saturated rings. The van der Waals surface area contributed by atoms with Crippen LogP contribution in [0.5, 0.6) is 0 Å². The van der Waals surface area contributed by atoms with Gasteiger partial charge in [-0.25, -0.2) is 8.42 Å². The average molecular weight is 393 g/mol. The number of benzene rings is 1. The van der Waals surface area contributed by atoms with Crippen LogP contribution in [0.2, 0.25) is 5.02 Å². The van der Waals surface area contributed by atoms with Crippen LogP contribution in [0.15, 0.2) is 34.9 Å². The second-order valence-corrected chi connectivity index (χ2v) is 7.33. The summed E-state index contributed by atoms with van der Waals surface area (Å²) in [7, 11) is -3.41. The number of amides is 1. The van der Waals surface area contributed by atoms with E-state index in [1.165, 1.54) is 12.1 Å². The van der Waals surface area contributed by atoms with Gasteiger partial charge in [0.15, 0.2) is 0 Å². The third-order valence-electron chi connectivity index (χ3n) is 2.41. The van der Waals surface area contributed by atoms with Crippen LogP contribution < -0.4 is 10.0 Å². The molecular formula is C12H11BrClN3O3S. The van der Waals surface area contributed by atoms with Gasteiger partial charge in [0.25, 0.3) is 5.91 Å². The number of halogens is 2. The maximum Gasteiger partial charge on any atom is 0.272 e. The minimum Gasteiger partial charge on any atom is -0.356 e. The fourth-order valence-corrected chi connectivity index (χ4v) is 2.78. The molecule has 2 aromatic rings. The van der Waals surface area contributed by atoms with Crippen LogP contribution in [-0.2, 0) is 10.0 Å². The molecule has 0 aliphatic heterocycles. The second kappa shape index (κ2) is 6.08. The molecule has 1 aromatic carbocycles. The third-order valence-corrected chi connectivity index (χ3v) is 3.78.